The summed E-state index contributed by atoms with van der Waals surface area (Å²) < 4.78 is 26.4. The van der Waals surface area contributed by atoms with Crippen LogP contribution in [0.15, 0.2) is 18.2 Å². The normalized spacial score (nSPS) is 13.5. The lowest BCUT2D eigenvalue weighted by molar-refractivity contribution is -0.136. The third-order valence-electron chi connectivity index (χ3n) is 3.30. The number of amides is 2. The lowest BCUT2D eigenvalue weighted by Gasteiger charge is -2.24. The quantitative estimate of drug-likeness (QED) is 0.701. The molecule has 0 aromatic heterocycles. The van der Waals surface area contributed by atoms with Gasteiger partial charge in [-0.25, -0.2) is 8.78 Å². The molecule has 1 aromatic rings. The summed E-state index contributed by atoms with van der Waals surface area (Å²) in [6.07, 6.45) is 1.23. The first-order chi connectivity index (χ1) is 10.6. The summed E-state index contributed by atoms with van der Waals surface area (Å²) >= 11 is 0. The second-order valence-electron chi connectivity index (χ2n) is 6.17. The molecule has 7 heteroatoms. The minimum absolute atomic E-state index is 0.113. The second kappa shape index (κ2) is 8.01. The van der Waals surface area contributed by atoms with Crippen molar-refractivity contribution in [2.75, 3.05) is 11.9 Å². The van der Waals surface area contributed by atoms with Crippen LogP contribution >= 0.6 is 0 Å². The Hall–Kier alpha value is -2.02. The maximum atomic E-state index is 13.4. The molecule has 1 unspecified atom stereocenters. The van der Waals surface area contributed by atoms with Crippen LogP contribution in [0.25, 0.3) is 0 Å². The molecule has 0 aliphatic carbocycles. The third kappa shape index (κ3) is 6.32. The van der Waals surface area contributed by atoms with Gasteiger partial charge in [0.25, 0.3) is 0 Å². The Labute approximate surface area is 134 Å². The first kappa shape index (κ1) is 19.0. The van der Waals surface area contributed by atoms with E-state index >= 15 is 0 Å². The number of carbonyl (C=O) groups excluding carboxylic acids is 2. The van der Waals surface area contributed by atoms with E-state index < -0.39 is 34.7 Å². The van der Waals surface area contributed by atoms with Gasteiger partial charge in [0.15, 0.2) is 11.6 Å². The van der Waals surface area contributed by atoms with E-state index in [2.05, 4.69) is 5.32 Å². The molecule has 0 aliphatic heterocycles. The highest BCUT2D eigenvalue weighted by Crippen LogP contribution is 2.17. The zero-order valence-corrected chi connectivity index (χ0v) is 13.5. The predicted molar refractivity (Wildman–Crippen MR) is 82.7 cm³/mol. The first-order valence-corrected chi connectivity index (χ1v) is 7.38. The van der Waals surface area contributed by atoms with Crippen LogP contribution in [0.4, 0.5) is 14.5 Å². The van der Waals surface area contributed by atoms with Gasteiger partial charge in [-0.05, 0) is 37.8 Å². The molecule has 0 heterocycles. The number of rotatable bonds is 6. The highest BCUT2D eigenvalue weighted by molar-refractivity contribution is 6.39. The maximum absolute atomic E-state index is 13.4. The average molecular weight is 328 g/mol. The number of carbonyl (C=O) groups is 2. The fourth-order valence-corrected chi connectivity index (χ4v) is 1.82. The Morgan fingerprint density at radius 1 is 1.26 bits per heavy atom. The number of halogens is 2. The zero-order chi connectivity index (χ0) is 17.6. The minimum atomic E-state index is -1.24. The molecule has 0 fully saturated rings. The van der Waals surface area contributed by atoms with E-state index in [1.54, 1.807) is 6.92 Å². The minimum Gasteiger partial charge on any atom is -0.388 e. The summed E-state index contributed by atoms with van der Waals surface area (Å²) in [6.45, 7) is 5.46. The lowest BCUT2D eigenvalue weighted by Crippen LogP contribution is -2.44. The fourth-order valence-electron chi connectivity index (χ4n) is 1.82. The van der Waals surface area contributed by atoms with Gasteiger partial charge in [0, 0.05) is 6.54 Å². The van der Waals surface area contributed by atoms with E-state index in [4.69, 9.17) is 0 Å². The molecule has 0 bridgehead atoms. The Balaban J connectivity index is 2.54. The maximum Gasteiger partial charge on any atom is 0.313 e. The van der Waals surface area contributed by atoms with Crippen LogP contribution < -0.4 is 10.6 Å². The number of anilines is 1. The van der Waals surface area contributed by atoms with Gasteiger partial charge in [-0.3, -0.25) is 9.59 Å². The molecule has 1 aromatic carbocycles. The molecule has 2 amide bonds. The molecule has 0 aliphatic rings. The van der Waals surface area contributed by atoms with Crippen LogP contribution in [0.5, 0.6) is 0 Å². The molecule has 0 radical (unpaired) electrons. The van der Waals surface area contributed by atoms with Gasteiger partial charge in [0.05, 0.1) is 11.3 Å². The number of hydrogen-bond acceptors (Lipinski definition) is 3. The predicted octanol–water partition coefficient (Wildman–Crippen LogP) is 2.21. The molecule has 0 saturated carbocycles. The molecule has 5 nitrogen and oxygen atoms in total. The molecule has 0 spiro atoms. The number of aliphatic hydroxyl groups is 1. The highest BCUT2D eigenvalue weighted by Gasteiger charge is 2.24. The number of nitrogens with one attached hydrogen (secondary N) is 2. The van der Waals surface area contributed by atoms with Crippen molar-refractivity contribution >= 4 is 17.5 Å². The van der Waals surface area contributed by atoms with Crippen LogP contribution in [0.3, 0.4) is 0 Å². The van der Waals surface area contributed by atoms with Crippen LogP contribution in [-0.4, -0.2) is 29.1 Å². The van der Waals surface area contributed by atoms with E-state index in [-0.39, 0.29) is 6.54 Å². The fraction of sp³-hybridized carbons (Fsp3) is 0.500. The third-order valence-corrected chi connectivity index (χ3v) is 3.30. The molecule has 1 atom stereocenters. The van der Waals surface area contributed by atoms with Crippen LogP contribution in [0.2, 0.25) is 0 Å². The molecule has 1 rings (SSSR count). The first-order valence-electron chi connectivity index (χ1n) is 7.38. The van der Waals surface area contributed by atoms with Crippen molar-refractivity contribution in [1.29, 1.82) is 0 Å². The highest BCUT2D eigenvalue weighted by atomic mass is 19.2. The molecule has 0 saturated heterocycles. The summed E-state index contributed by atoms with van der Waals surface area (Å²) in [7, 11) is 0. The van der Waals surface area contributed by atoms with Crippen molar-refractivity contribution in [3.63, 3.8) is 0 Å². The van der Waals surface area contributed by atoms with E-state index in [0.29, 0.717) is 12.3 Å². The lowest BCUT2D eigenvalue weighted by atomic mass is 9.95. The van der Waals surface area contributed by atoms with Crippen molar-refractivity contribution in [2.24, 2.45) is 5.92 Å². The summed E-state index contributed by atoms with van der Waals surface area (Å²) in [5.41, 5.74) is -1.57. The summed E-state index contributed by atoms with van der Waals surface area (Å²) in [4.78, 5) is 23.3. The Morgan fingerprint density at radius 2 is 1.91 bits per heavy atom. The molecule has 23 heavy (non-hydrogen) atoms. The SMILES string of the molecule is CC(C)CCC(C)(O)CNC(=O)C(=O)Nc1cccc(F)c1F. The topological polar surface area (TPSA) is 78.4 Å². The molecular weight excluding hydrogens is 306 g/mol. The number of benzene rings is 1. The molecular formula is C16H22F2N2O3. The standard InChI is InChI=1S/C16H22F2N2O3/c1-10(2)7-8-16(3,23)9-19-14(21)15(22)20-12-6-4-5-11(17)13(12)18/h4-6,10,23H,7-9H2,1-3H3,(H,19,21)(H,20,22). The van der Waals surface area contributed by atoms with Crippen molar-refractivity contribution in [3.05, 3.63) is 29.8 Å². The van der Waals surface area contributed by atoms with Gasteiger partial charge < -0.3 is 15.7 Å². The van der Waals surface area contributed by atoms with E-state index in [9.17, 15) is 23.5 Å². The molecule has 3 N–H and O–H groups in total. The smallest absolute Gasteiger partial charge is 0.313 e. The number of hydrogen-bond donors (Lipinski definition) is 3. The average Bonchev–Trinajstić information content (AvgIpc) is 2.47. The van der Waals surface area contributed by atoms with Gasteiger partial charge in [-0.2, -0.15) is 0 Å². The van der Waals surface area contributed by atoms with Crippen LogP contribution in [0.1, 0.15) is 33.6 Å². The van der Waals surface area contributed by atoms with Gasteiger partial charge in [0.2, 0.25) is 0 Å². The Bertz CT molecular complexity index is 574. The van der Waals surface area contributed by atoms with Gasteiger partial charge in [0.1, 0.15) is 0 Å². The van der Waals surface area contributed by atoms with Gasteiger partial charge >= 0.3 is 11.8 Å². The Kier molecular flexibility index (Phi) is 6.62. The van der Waals surface area contributed by atoms with Gasteiger partial charge in [-0.15, -0.1) is 0 Å². The van der Waals surface area contributed by atoms with Crippen molar-refractivity contribution in [1.82, 2.24) is 5.32 Å². The Morgan fingerprint density at radius 3 is 2.52 bits per heavy atom. The van der Waals surface area contributed by atoms with Crippen molar-refractivity contribution in [3.8, 4) is 0 Å². The van der Waals surface area contributed by atoms with E-state index in [0.717, 1.165) is 18.6 Å². The summed E-state index contributed by atoms with van der Waals surface area (Å²) in [5.74, 6) is -4.12. The largest absolute Gasteiger partial charge is 0.388 e. The second-order valence-corrected chi connectivity index (χ2v) is 6.17. The summed E-state index contributed by atoms with van der Waals surface area (Å²) in [5, 5.41) is 14.4. The van der Waals surface area contributed by atoms with Crippen molar-refractivity contribution in [2.45, 2.75) is 39.2 Å². The van der Waals surface area contributed by atoms with Crippen LogP contribution in [-0.2, 0) is 9.59 Å². The zero-order valence-electron chi connectivity index (χ0n) is 13.5. The van der Waals surface area contributed by atoms with E-state index in [1.165, 1.54) is 6.07 Å². The van der Waals surface area contributed by atoms with Crippen LogP contribution in [0, 0.1) is 17.6 Å². The van der Waals surface area contributed by atoms with Crippen molar-refractivity contribution < 1.29 is 23.5 Å². The molecule has 128 valence electrons. The van der Waals surface area contributed by atoms with E-state index in [1.807, 2.05) is 19.2 Å². The van der Waals surface area contributed by atoms with Gasteiger partial charge in [-0.1, -0.05) is 19.9 Å². The monoisotopic (exact) mass is 328 g/mol. The summed E-state index contributed by atoms with van der Waals surface area (Å²) in [6, 6.07) is 3.25.